The van der Waals surface area contributed by atoms with Crippen molar-refractivity contribution in [2.24, 2.45) is 0 Å². The molecule has 0 aliphatic carbocycles. The minimum atomic E-state index is -0.364. The number of hydrogen-bond donors (Lipinski definition) is 1. The summed E-state index contributed by atoms with van der Waals surface area (Å²) >= 11 is 2.92. The van der Waals surface area contributed by atoms with Crippen LogP contribution in [0, 0.1) is 5.82 Å². The standard InChI is InChI=1S/C17H17FN4OS2/c1-12(16(23)19-9-8-13-5-4-10-24-13)25-17-21-20-11-22(17)15-7-3-2-6-14(15)18/h2-7,10-12H,8-9H2,1H3,(H,19,23)/t12-/m0/s1. The lowest BCUT2D eigenvalue weighted by Gasteiger charge is -2.12. The zero-order valence-corrected chi connectivity index (χ0v) is 15.2. The third-order valence-electron chi connectivity index (χ3n) is 3.53. The summed E-state index contributed by atoms with van der Waals surface area (Å²) in [6.07, 6.45) is 2.26. The molecule has 1 N–H and O–H groups in total. The van der Waals surface area contributed by atoms with Crippen LogP contribution in [0.1, 0.15) is 11.8 Å². The van der Waals surface area contributed by atoms with Gasteiger partial charge >= 0.3 is 0 Å². The van der Waals surface area contributed by atoms with Crippen molar-refractivity contribution in [2.45, 2.75) is 23.8 Å². The minimum Gasteiger partial charge on any atom is -0.355 e. The molecule has 1 aromatic carbocycles. The van der Waals surface area contributed by atoms with Gasteiger partial charge in [0.2, 0.25) is 5.91 Å². The molecular weight excluding hydrogens is 359 g/mol. The van der Waals surface area contributed by atoms with Crippen molar-refractivity contribution < 1.29 is 9.18 Å². The van der Waals surface area contributed by atoms with E-state index in [4.69, 9.17) is 0 Å². The first-order valence-corrected chi connectivity index (χ1v) is 9.53. The van der Waals surface area contributed by atoms with E-state index in [1.165, 1.54) is 29.0 Å². The van der Waals surface area contributed by atoms with Gasteiger partial charge in [-0.2, -0.15) is 0 Å². The van der Waals surface area contributed by atoms with Crippen LogP contribution < -0.4 is 5.32 Å². The molecule has 8 heteroatoms. The van der Waals surface area contributed by atoms with Gasteiger partial charge in [-0.05, 0) is 36.9 Å². The van der Waals surface area contributed by atoms with Crippen LogP contribution in [0.4, 0.5) is 4.39 Å². The van der Waals surface area contributed by atoms with Crippen LogP contribution in [0.5, 0.6) is 0 Å². The number of carbonyl (C=O) groups is 1. The number of halogens is 1. The van der Waals surface area contributed by atoms with Gasteiger partial charge < -0.3 is 5.32 Å². The largest absolute Gasteiger partial charge is 0.355 e. The van der Waals surface area contributed by atoms with E-state index < -0.39 is 0 Å². The van der Waals surface area contributed by atoms with Gasteiger partial charge in [-0.15, -0.1) is 21.5 Å². The average molecular weight is 376 g/mol. The Morgan fingerprint density at radius 2 is 2.20 bits per heavy atom. The van der Waals surface area contributed by atoms with Crippen LogP contribution in [0.15, 0.2) is 53.3 Å². The van der Waals surface area contributed by atoms with E-state index in [0.29, 0.717) is 17.4 Å². The summed E-state index contributed by atoms with van der Waals surface area (Å²) in [4.78, 5) is 13.5. The molecule has 2 aromatic heterocycles. The number of carbonyl (C=O) groups excluding carboxylic acids is 1. The Hall–Kier alpha value is -2.19. The summed E-state index contributed by atoms with van der Waals surface area (Å²) in [5.41, 5.74) is 0.361. The van der Waals surface area contributed by atoms with Gasteiger partial charge in [-0.1, -0.05) is 30.0 Å². The SMILES string of the molecule is C[C@H](Sc1nncn1-c1ccccc1F)C(=O)NCCc1cccs1. The molecule has 0 saturated heterocycles. The topological polar surface area (TPSA) is 59.8 Å². The van der Waals surface area contributed by atoms with Gasteiger partial charge in [0.15, 0.2) is 5.16 Å². The predicted molar refractivity (Wildman–Crippen MR) is 97.7 cm³/mol. The Kier molecular flexibility index (Phi) is 5.83. The quantitative estimate of drug-likeness (QED) is 0.643. The number of thioether (sulfide) groups is 1. The monoisotopic (exact) mass is 376 g/mol. The average Bonchev–Trinajstić information content (AvgIpc) is 3.27. The van der Waals surface area contributed by atoms with Gasteiger partial charge in [0.1, 0.15) is 12.1 Å². The summed E-state index contributed by atoms with van der Waals surface area (Å²) in [5, 5.41) is 12.9. The molecule has 130 valence electrons. The molecule has 0 saturated carbocycles. The van der Waals surface area contributed by atoms with Gasteiger partial charge in [0.25, 0.3) is 0 Å². The number of aromatic nitrogens is 3. The number of nitrogens with zero attached hydrogens (tertiary/aromatic N) is 3. The molecule has 0 radical (unpaired) electrons. The molecule has 0 unspecified atom stereocenters. The molecular formula is C17H17FN4OS2. The maximum absolute atomic E-state index is 14.0. The molecule has 25 heavy (non-hydrogen) atoms. The first-order chi connectivity index (χ1) is 12.1. The molecule has 0 fully saturated rings. The number of rotatable bonds is 7. The number of benzene rings is 1. The molecule has 0 aliphatic rings. The van der Waals surface area contributed by atoms with E-state index in [1.807, 2.05) is 17.5 Å². The van der Waals surface area contributed by atoms with Crippen LogP contribution in [-0.4, -0.2) is 32.5 Å². The maximum Gasteiger partial charge on any atom is 0.233 e. The zero-order valence-electron chi connectivity index (χ0n) is 13.6. The smallest absolute Gasteiger partial charge is 0.233 e. The summed E-state index contributed by atoms with van der Waals surface area (Å²) in [6.45, 7) is 2.38. The van der Waals surface area contributed by atoms with Crippen LogP contribution in [0.3, 0.4) is 0 Å². The number of para-hydroxylation sites is 1. The molecule has 0 bridgehead atoms. The Morgan fingerprint density at radius 3 is 2.96 bits per heavy atom. The highest BCUT2D eigenvalue weighted by molar-refractivity contribution is 8.00. The minimum absolute atomic E-state index is 0.0790. The summed E-state index contributed by atoms with van der Waals surface area (Å²) in [7, 11) is 0. The van der Waals surface area contributed by atoms with E-state index in [-0.39, 0.29) is 17.0 Å². The molecule has 5 nitrogen and oxygen atoms in total. The van der Waals surface area contributed by atoms with Gasteiger partial charge in [-0.25, -0.2) is 4.39 Å². The van der Waals surface area contributed by atoms with E-state index >= 15 is 0 Å². The fraction of sp³-hybridized carbons (Fsp3) is 0.235. The Bertz CT molecular complexity index is 835. The second-order valence-electron chi connectivity index (χ2n) is 5.32. The lowest BCUT2D eigenvalue weighted by atomic mass is 10.3. The highest BCUT2D eigenvalue weighted by atomic mass is 32.2. The highest BCUT2D eigenvalue weighted by Crippen LogP contribution is 2.25. The molecule has 2 heterocycles. The van der Waals surface area contributed by atoms with E-state index in [9.17, 15) is 9.18 Å². The lowest BCUT2D eigenvalue weighted by Crippen LogP contribution is -2.32. The molecule has 3 rings (SSSR count). The van der Waals surface area contributed by atoms with E-state index in [0.717, 1.165) is 6.42 Å². The van der Waals surface area contributed by atoms with Gasteiger partial charge in [0, 0.05) is 11.4 Å². The van der Waals surface area contributed by atoms with Crippen LogP contribution in [0.2, 0.25) is 0 Å². The maximum atomic E-state index is 14.0. The number of thiophene rings is 1. The summed E-state index contributed by atoms with van der Waals surface area (Å²) in [6, 6.07) is 10.4. The van der Waals surface area contributed by atoms with Gasteiger partial charge in [-0.3, -0.25) is 9.36 Å². The van der Waals surface area contributed by atoms with Crippen molar-refractivity contribution in [3.8, 4) is 5.69 Å². The number of nitrogens with one attached hydrogen (secondary N) is 1. The van der Waals surface area contributed by atoms with E-state index in [1.54, 1.807) is 41.0 Å². The lowest BCUT2D eigenvalue weighted by molar-refractivity contribution is -0.120. The number of hydrogen-bond acceptors (Lipinski definition) is 5. The summed E-state index contributed by atoms with van der Waals surface area (Å²) < 4.78 is 15.5. The van der Waals surface area contributed by atoms with Crippen LogP contribution in [-0.2, 0) is 11.2 Å². The van der Waals surface area contributed by atoms with Crippen LogP contribution in [0.25, 0.3) is 5.69 Å². The predicted octanol–water partition coefficient (Wildman–Crippen LogP) is 3.31. The Balaban J connectivity index is 1.60. The molecule has 3 aromatic rings. The normalized spacial score (nSPS) is 12.1. The Morgan fingerprint density at radius 1 is 1.36 bits per heavy atom. The van der Waals surface area contributed by atoms with Crippen molar-refractivity contribution >= 4 is 29.0 Å². The fourth-order valence-corrected chi connectivity index (χ4v) is 3.81. The second kappa shape index (κ2) is 8.26. The van der Waals surface area contributed by atoms with E-state index in [2.05, 4.69) is 15.5 Å². The summed E-state index contributed by atoms with van der Waals surface area (Å²) in [5.74, 6) is -0.443. The Labute approximate surface area is 153 Å². The van der Waals surface area contributed by atoms with Crippen LogP contribution >= 0.6 is 23.1 Å². The zero-order chi connectivity index (χ0) is 17.6. The third-order valence-corrected chi connectivity index (χ3v) is 5.52. The molecule has 0 spiro atoms. The molecule has 1 amide bonds. The second-order valence-corrected chi connectivity index (χ2v) is 7.66. The molecule has 0 aliphatic heterocycles. The van der Waals surface area contributed by atoms with Crippen molar-refractivity contribution in [3.63, 3.8) is 0 Å². The number of amides is 1. The molecule has 1 atom stereocenters. The van der Waals surface area contributed by atoms with Crippen molar-refractivity contribution in [3.05, 3.63) is 58.8 Å². The highest BCUT2D eigenvalue weighted by Gasteiger charge is 2.19. The first-order valence-electron chi connectivity index (χ1n) is 7.77. The fourth-order valence-electron chi connectivity index (χ4n) is 2.24. The van der Waals surface area contributed by atoms with Crippen molar-refractivity contribution in [1.29, 1.82) is 0 Å². The first kappa shape index (κ1) is 17.6. The van der Waals surface area contributed by atoms with Crippen molar-refractivity contribution in [1.82, 2.24) is 20.1 Å². The van der Waals surface area contributed by atoms with Gasteiger partial charge in [0.05, 0.1) is 10.9 Å². The third kappa shape index (κ3) is 4.46. The van der Waals surface area contributed by atoms with Crippen molar-refractivity contribution in [2.75, 3.05) is 6.54 Å².